The van der Waals surface area contributed by atoms with Gasteiger partial charge in [0.25, 0.3) is 0 Å². The van der Waals surface area contributed by atoms with Crippen LogP contribution in [0.3, 0.4) is 0 Å². The molecule has 0 saturated carbocycles. The van der Waals surface area contributed by atoms with E-state index < -0.39 is 17.9 Å². The van der Waals surface area contributed by atoms with Crippen LogP contribution in [0, 0.1) is 0 Å². The van der Waals surface area contributed by atoms with Gasteiger partial charge in [-0.2, -0.15) is 0 Å². The van der Waals surface area contributed by atoms with E-state index in [1.54, 1.807) is 12.1 Å². The second-order valence-electron chi connectivity index (χ2n) is 7.33. The fraction of sp³-hybridized carbons (Fsp3) is 0.200. The minimum atomic E-state index is -3.82. The van der Waals surface area contributed by atoms with Gasteiger partial charge in [-0.25, -0.2) is 8.78 Å². The molecule has 0 amide bonds. The minimum Gasteiger partial charge on any atom is -0.395 e. The molecule has 0 unspecified atom stereocenters. The molecule has 0 fully saturated rings. The number of benzene rings is 3. The Morgan fingerprint density at radius 1 is 0.742 bits per heavy atom. The summed E-state index contributed by atoms with van der Waals surface area (Å²) in [6.45, 7) is 2.15. The van der Waals surface area contributed by atoms with Crippen molar-refractivity contribution in [1.29, 1.82) is 0 Å². The van der Waals surface area contributed by atoms with Gasteiger partial charge in [0.1, 0.15) is 0 Å². The van der Waals surface area contributed by atoms with E-state index >= 15 is 0 Å². The SMILES string of the molecule is CCCCc1ccc(-c2ccc(/C(F)=C(\F)c3ccc4c(c3)OC(F)(F)O4)cc2)cc1. The standard InChI is InChI=1S/C25H20F4O2/c1-2-3-4-16-5-7-17(8-6-16)18-9-11-19(12-10-18)23(26)24(27)20-13-14-21-22(15-20)31-25(28,29)30-21/h5-15H,2-4H2,1H3/b24-23+. The number of rotatable bonds is 6. The fourth-order valence-electron chi connectivity index (χ4n) is 3.39. The van der Waals surface area contributed by atoms with Crippen LogP contribution in [0.25, 0.3) is 22.8 Å². The van der Waals surface area contributed by atoms with Crippen LogP contribution in [0.15, 0.2) is 66.7 Å². The molecular formula is C25H20F4O2. The van der Waals surface area contributed by atoms with E-state index in [2.05, 4.69) is 28.5 Å². The first-order valence-electron chi connectivity index (χ1n) is 10.0. The molecule has 0 aliphatic carbocycles. The third-order valence-corrected chi connectivity index (χ3v) is 5.09. The molecule has 1 aliphatic rings. The average Bonchev–Trinajstić information content (AvgIpc) is 3.10. The number of ether oxygens (including phenoxy) is 2. The lowest BCUT2D eigenvalue weighted by molar-refractivity contribution is -0.286. The van der Waals surface area contributed by atoms with E-state index in [4.69, 9.17) is 0 Å². The Morgan fingerprint density at radius 3 is 1.94 bits per heavy atom. The van der Waals surface area contributed by atoms with E-state index in [9.17, 15) is 17.6 Å². The Kier molecular flexibility index (Phi) is 5.72. The Bertz CT molecular complexity index is 1100. The molecule has 1 aliphatic heterocycles. The summed E-state index contributed by atoms with van der Waals surface area (Å²) in [5, 5.41) is 0. The predicted octanol–water partition coefficient (Wildman–Crippen LogP) is 7.78. The lowest BCUT2D eigenvalue weighted by atomic mass is 10.00. The van der Waals surface area contributed by atoms with Crippen LogP contribution >= 0.6 is 0 Å². The largest absolute Gasteiger partial charge is 0.586 e. The van der Waals surface area contributed by atoms with Crippen molar-refractivity contribution in [1.82, 2.24) is 0 Å². The summed E-state index contributed by atoms with van der Waals surface area (Å²) in [6, 6.07) is 17.8. The molecule has 3 aromatic carbocycles. The zero-order valence-electron chi connectivity index (χ0n) is 16.8. The van der Waals surface area contributed by atoms with Crippen LogP contribution in [0.4, 0.5) is 17.6 Å². The summed E-state index contributed by atoms with van der Waals surface area (Å²) >= 11 is 0. The van der Waals surface area contributed by atoms with E-state index in [0.717, 1.165) is 48.6 Å². The highest BCUT2D eigenvalue weighted by atomic mass is 19.3. The van der Waals surface area contributed by atoms with Gasteiger partial charge in [-0.3, -0.25) is 0 Å². The van der Waals surface area contributed by atoms with Crippen LogP contribution < -0.4 is 9.47 Å². The first-order chi connectivity index (χ1) is 14.9. The number of alkyl halides is 2. The molecule has 0 radical (unpaired) electrons. The van der Waals surface area contributed by atoms with Crippen molar-refractivity contribution in [3.63, 3.8) is 0 Å². The second kappa shape index (κ2) is 8.46. The van der Waals surface area contributed by atoms with Crippen LogP contribution in [0.1, 0.15) is 36.5 Å². The van der Waals surface area contributed by atoms with Gasteiger partial charge in [-0.1, -0.05) is 61.9 Å². The smallest absolute Gasteiger partial charge is 0.395 e. The Morgan fingerprint density at radius 2 is 1.29 bits per heavy atom. The van der Waals surface area contributed by atoms with Crippen LogP contribution in [0.2, 0.25) is 0 Å². The molecule has 0 spiro atoms. The maximum Gasteiger partial charge on any atom is 0.586 e. The van der Waals surface area contributed by atoms with E-state index in [1.165, 1.54) is 17.7 Å². The van der Waals surface area contributed by atoms with Gasteiger partial charge >= 0.3 is 6.29 Å². The molecular weight excluding hydrogens is 408 g/mol. The van der Waals surface area contributed by atoms with Crippen molar-refractivity contribution in [2.45, 2.75) is 32.5 Å². The van der Waals surface area contributed by atoms with Gasteiger partial charge in [0.2, 0.25) is 0 Å². The summed E-state index contributed by atoms with van der Waals surface area (Å²) in [7, 11) is 0. The van der Waals surface area contributed by atoms with Crippen LogP contribution in [0.5, 0.6) is 11.5 Å². The van der Waals surface area contributed by atoms with Gasteiger partial charge in [0, 0.05) is 11.1 Å². The summed E-state index contributed by atoms with van der Waals surface area (Å²) in [5.74, 6) is -2.84. The van der Waals surface area contributed by atoms with Gasteiger partial charge in [-0.05, 0) is 47.7 Å². The summed E-state index contributed by atoms with van der Waals surface area (Å²) < 4.78 is 64.2. The van der Waals surface area contributed by atoms with Crippen LogP contribution in [-0.4, -0.2) is 6.29 Å². The molecule has 6 heteroatoms. The van der Waals surface area contributed by atoms with Gasteiger partial charge in [0.05, 0.1) is 0 Å². The lowest BCUT2D eigenvalue weighted by Gasteiger charge is -2.07. The third kappa shape index (κ3) is 4.58. The van der Waals surface area contributed by atoms with Gasteiger partial charge in [0.15, 0.2) is 23.2 Å². The highest BCUT2D eigenvalue weighted by Crippen LogP contribution is 2.43. The van der Waals surface area contributed by atoms with Crippen molar-refractivity contribution in [2.75, 3.05) is 0 Å². The van der Waals surface area contributed by atoms with Gasteiger partial charge in [-0.15, -0.1) is 8.78 Å². The van der Waals surface area contributed by atoms with Crippen LogP contribution in [-0.2, 0) is 6.42 Å². The highest BCUT2D eigenvalue weighted by Gasteiger charge is 2.43. The Balaban J connectivity index is 1.54. The van der Waals surface area contributed by atoms with E-state index in [0.29, 0.717) is 0 Å². The quantitative estimate of drug-likeness (QED) is 0.295. The molecule has 0 N–H and O–H groups in total. The molecule has 2 nitrogen and oxygen atoms in total. The topological polar surface area (TPSA) is 18.5 Å². The number of unbranched alkanes of at least 4 members (excludes halogenated alkanes) is 1. The first kappa shape index (κ1) is 21.0. The fourth-order valence-corrected chi connectivity index (χ4v) is 3.39. The molecule has 0 bridgehead atoms. The zero-order chi connectivity index (χ0) is 22.0. The Labute approximate surface area is 177 Å². The molecule has 4 rings (SSSR count). The average molecular weight is 428 g/mol. The number of hydrogen-bond acceptors (Lipinski definition) is 2. The predicted molar refractivity (Wildman–Crippen MR) is 112 cm³/mol. The van der Waals surface area contributed by atoms with Crippen molar-refractivity contribution < 1.29 is 27.0 Å². The molecule has 3 aromatic rings. The minimum absolute atomic E-state index is 0.0452. The van der Waals surface area contributed by atoms with Crippen molar-refractivity contribution in [3.8, 4) is 22.6 Å². The number of aryl methyl sites for hydroxylation is 1. The zero-order valence-corrected chi connectivity index (χ0v) is 16.8. The summed E-state index contributed by atoms with van der Waals surface area (Å²) in [4.78, 5) is 0. The molecule has 0 saturated heterocycles. The second-order valence-corrected chi connectivity index (χ2v) is 7.33. The lowest BCUT2D eigenvalue weighted by Crippen LogP contribution is -2.25. The van der Waals surface area contributed by atoms with Gasteiger partial charge < -0.3 is 9.47 Å². The summed E-state index contributed by atoms with van der Waals surface area (Å²) in [6.07, 6.45) is -0.513. The first-order valence-corrected chi connectivity index (χ1v) is 10.0. The Hall–Kier alpha value is -3.28. The molecule has 160 valence electrons. The molecule has 0 atom stereocenters. The number of fused-ring (bicyclic) bond motifs is 1. The molecule has 31 heavy (non-hydrogen) atoms. The van der Waals surface area contributed by atoms with Crippen molar-refractivity contribution in [2.24, 2.45) is 0 Å². The summed E-state index contributed by atoms with van der Waals surface area (Å²) in [5.41, 5.74) is 2.95. The maximum absolute atomic E-state index is 14.7. The normalized spacial score (nSPS) is 15.0. The van der Waals surface area contributed by atoms with E-state index in [1.807, 2.05) is 12.1 Å². The molecule has 1 heterocycles. The van der Waals surface area contributed by atoms with Crippen molar-refractivity contribution in [3.05, 3.63) is 83.4 Å². The molecule has 0 aromatic heterocycles. The van der Waals surface area contributed by atoms with Crippen molar-refractivity contribution >= 4 is 11.7 Å². The highest BCUT2D eigenvalue weighted by molar-refractivity contribution is 5.84. The third-order valence-electron chi connectivity index (χ3n) is 5.09. The van der Waals surface area contributed by atoms with E-state index in [-0.39, 0.29) is 22.6 Å². The number of hydrogen-bond donors (Lipinski definition) is 0. The number of halogens is 4. The monoisotopic (exact) mass is 428 g/mol. The maximum atomic E-state index is 14.7.